The first-order valence-corrected chi connectivity index (χ1v) is 11.1. The zero-order valence-electron chi connectivity index (χ0n) is 19.0. The Labute approximate surface area is 193 Å². The van der Waals surface area contributed by atoms with Crippen LogP contribution in [-0.4, -0.2) is 23.4 Å². The lowest BCUT2D eigenvalue weighted by Crippen LogP contribution is -2.29. The number of nitrogens with zero attached hydrogens (tertiary/aromatic N) is 1. The first-order valence-electron chi connectivity index (χ1n) is 11.1. The standard InChI is InChI=1S/C28H27NO4/c1-4-19-10-12-20(13-11-19)26(30)24-25(23-9-7-6-8-18(23)3)29(28(32)27(24)31)21-14-16-22(17-15-21)33-5-2/h6-17,25,30H,4-5H2,1-3H3/b26-24-. The number of aliphatic hydroxyl groups is 1. The van der Waals surface area contributed by atoms with E-state index < -0.39 is 17.7 Å². The minimum atomic E-state index is -0.741. The smallest absolute Gasteiger partial charge is 0.300 e. The molecule has 1 unspecified atom stereocenters. The topological polar surface area (TPSA) is 66.8 Å². The van der Waals surface area contributed by atoms with Gasteiger partial charge in [-0.25, -0.2) is 0 Å². The molecule has 3 aromatic rings. The van der Waals surface area contributed by atoms with Crippen LogP contribution in [-0.2, 0) is 16.0 Å². The fourth-order valence-corrected chi connectivity index (χ4v) is 4.21. The van der Waals surface area contributed by atoms with Gasteiger partial charge in [0.1, 0.15) is 11.5 Å². The van der Waals surface area contributed by atoms with Gasteiger partial charge in [-0.05, 0) is 61.2 Å². The molecule has 0 aliphatic carbocycles. The van der Waals surface area contributed by atoms with Gasteiger partial charge in [0.05, 0.1) is 18.2 Å². The minimum absolute atomic E-state index is 0.0902. The first-order chi connectivity index (χ1) is 16.0. The van der Waals surface area contributed by atoms with Crippen molar-refractivity contribution in [2.45, 2.75) is 33.2 Å². The summed E-state index contributed by atoms with van der Waals surface area (Å²) in [6.45, 7) is 6.42. The largest absolute Gasteiger partial charge is 0.507 e. The zero-order chi connectivity index (χ0) is 23.5. The highest BCUT2D eigenvalue weighted by Gasteiger charge is 2.47. The summed E-state index contributed by atoms with van der Waals surface area (Å²) in [6.07, 6.45) is 0.867. The second-order valence-corrected chi connectivity index (χ2v) is 8.00. The van der Waals surface area contributed by atoms with Crippen molar-refractivity contribution in [2.75, 3.05) is 11.5 Å². The van der Waals surface area contributed by atoms with Gasteiger partial charge in [0.25, 0.3) is 11.7 Å². The van der Waals surface area contributed by atoms with Gasteiger partial charge in [-0.3, -0.25) is 14.5 Å². The number of ether oxygens (including phenoxy) is 1. The molecule has 33 heavy (non-hydrogen) atoms. The van der Waals surface area contributed by atoms with E-state index in [4.69, 9.17) is 4.74 Å². The van der Waals surface area contributed by atoms with Gasteiger partial charge in [0.15, 0.2) is 0 Å². The maximum absolute atomic E-state index is 13.3. The highest BCUT2D eigenvalue weighted by Crippen LogP contribution is 2.43. The molecule has 168 valence electrons. The third kappa shape index (κ3) is 4.14. The molecule has 1 fully saturated rings. The van der Waals surface area contributed by atoms with Crippen LogP contribution in [0.2, 0.25) is 0 Å². The number of rotatable bonds is 6. The molecule has 1 heterocycles. The molecule has 5 nitrogen and oxygen atoms in total. The molecule has 1 atom stereocenters. The second-order valence-electron chi connectivity index (χ2n) is 8.00. The predicted octanol–water partition coefficient (Wildman–Crippen LogP) is 5.58. The Morgan fingerprint density at radius 3 is 2.21 bits per heavy atom. The van der Waals surface area contributed by atoms with Crippen LogP contribution >= 0.6 is 0 Å². The lowest BCUT2D eigenvalue weighted by Gasteiger charge is -2.26. The Kier molecular flexibility index (Phi) is 6.31. The number of carbonyl (C=O) groups excluding carboxylic acids is 2. The highest BCUT2D eigenvalue weighted by atomic mass is 16.5. The van der Waals surface area contributed by atoms with E-state index in [2.05, 4.69) is 6.92 Å². The molecule has 0 aromatic heterocycles. The molecule has 1 N–H and O–H groups in total. The lowest BCUT2D eigenvalue weighted by molar-refractivity contribution is -0.132. The average molecular weight is 442 g/mol. The Morgan fingerprint density at radius 2 is 1.61 bits per heavy atom. The predicted molar refractivity (Wildman–Crippen MR) is 129 cm³/mol. The maximum atomic E-state index is 13.3. The summed E-state index contributed by atoms with van der Waals surface area (Å²) in [5.74, 6) is -0.854. The average Bonchev–Trinajstić information content (AvgIpc) is 3.10. The van der Waals surface area contributed by atoms with Gasteiger partial charge >= 0.3 is 0 Å². The number of benzene rings is 3. The number of carbonyl (C=O) groups is 2. The normalized spacial score (nSPS) is 17.4. The van der Waals surface area contributed by atoms with Crippen molar-refractivity contribution in [1.29, 1.82) is 0 Å². The number of amides is 1. The second kappa shape index (κ2) is 9.33. The number of anilines is 1. The molecule has 3 aromatic carbocycles. The van der Waals surface area contributed by atoms with E-state index in [0.29, 0.717) is 23.6 Å². The summed E-state index contributed by atoms with van der Waals surface area (Å²) in [7, 11) is 0. The van der Waals surface area contributed by atoms with Gasteiger partial charge in [-0.2, -0.15) is 0 Å². The summed E-state index contributed by atoms with van der Waals surface area (Å²) >= 11 is 0. The van der Waals surface area contributed by atoms with Crippen molar-refractivity contribution in [3.05, 3.63) is 101 Å². The SMILES string of the molecule is CCOc1ccc(N2C(=O)C(=O)/C(=C(\O)c3ccc(CC)cc3)C2c2ccccc2C)cc1. The van der Waals surface area contributed by atoms with Crippen LogP contribution in [0.4, 0.5) is 5.69 Å². The molecule has 5 heteroatoms. The first kappa shape index (κ1) is 22.3. The van der Waals surface area contributed by atoms with Crippen molar-refractivity contribution < 1.29 is 19.4 Å². The van der Waals surface area contributed by atoms with E-state index in [-0.39, 0.29) is 11.3 Å². The Balaban J connectivity index is 1.89. The van der Waals surface area contributed by atoms with Crippen LogP contribution < -0.4 is 9.64 Å². The Morgan fingerprint density at radius 1 is 0.939 bits per heavy atom. The molecule has 1 amide bonds. The summed E-state index contributed by atoms with van der Waals surface area (Å²) in [5, 5.41) is 11.2. The fraction of sp³-hybridized carbons (Fsp3) is 0.214. The van der Waals surface area contributed by atoms with E-state index in [9.17, 15) is 14.7 Å². The summed E-state index contributed by atoms with van der Waals surface area (Å²) in [4.78, 5) is 28.0. The van der Waals surface area contributed by atoms with Crippen molar-refractivity contribution in [1.82, 2.24) is 0 Å². The molecule has 1 aliphatic heterocycles. The van der Waals surface area contributed by atoms with E-state index >= 15 is 0 Å². The van der Waals surface area contributed by atoms with Crippen LogP contribution in [0.25, 0.3) is 5.76 Å². The Bertz CT molecular complexity index is 1210. The monoisotopic (exact) mass is 441 g/mol. The quantitative estimate of drug-likeness (QED) is 0.308. The zero-order valence-corrected chi connectivity index (χ0v) is 19.0. The minimum Gasteiger partial charge on any atom is -0.507 e. The van der Waals surface area contributed by atoms with Gasteiger partial charge < -0.3 is 9.84 Å². The van der Waals surface area contributed by atoms with Gasteiger partial charge in [0.2, 0.25) is 0 Å². The van der Waals surface area contributed by atoms with Gasteiger partial charge in [0, 0.05) is 11.3 Å². The summed E-state index contributed by atoms with van der Waals surface area (Å²) < 4.78 is 5.52. The fourth-order valence-electron chi connectivity index (χ4n) is 4.21. The van der Waals surface area contributed by atoms with Crippen molar-refractivity contribution in [3.63, 3.8) is 0 Å². The van der Waals surface area contributed by atoms with Crippen LogP contribution in [0, 0.1) is 6.92 Å². The number of ketones is 1. The van der Waals surface area contributed by atoms with Crippen LogP contribution in [0.3, 0.4) is 0 Å². The molecule has 0 saturated carbocycles. The van der Waals surface area contributed by atoms with Gasteiger partial charge in [-0.15, -0.1) is 0 Å². The molecule has 0 bridgehead atoms. The third-order valence-corrected chi connectivity index (χ3v) is 5.99. The molecule has 4 rings (SSSR count). The third-order valence-electron chi connectivity index (χ3n) is 5.99. The van der Waals surface area contributed by atoms with Crippen LogP contribution in [0.5, 0.6) is 5.75 Å². The van der Waals surface area contributed by atoms with Crippen molar-refractivity contribution >= 4 is 23.1 Å². The Hall–Kier alpha value is -3.86. The van der Waals surface area contributed by atoms with Crippen LogP contribution in [0.1, 0.15) is 42.1 Å². The lowest BCUT2D eigenvalue weighted by atomic mass is 9.92. The number of Topliss-reactive ketones (excluding diaryl/α,β-unsaturated/α-hetero) is 1. The molecular weight excluding hydrogens is 414 g/mol. The van der Waals surface area contributed by atoms with Crippen LogP contribution in [0.15, 0.2) is 78.4 Å². The molecule has 1 saturated heterocycles. The molecule has 1 aliphatic rings. The van der Waals surface area contributed by atoms with Crippen molar-refractivity contribution in [3.8, 4) is 5.75 Å². The molecular formula is C28H27NO4. The van der Waals surface area contributed by atoms with E-state index in [0.717, 1.165) is 23.1 Å². The summed E-state index contributed by atoms with van der Waals surface area (Å²) in [5.41, 5.74) is 4.00. The number of hydrogen-bond acceptors (Lipinski definition) is 4. The molecule has 0 spiro atoms. The number of aryl methyl sites for hydroxylation is 2. The summed E-state index contributed by atoms with van der Waals surface area (Å²) in [6, 6.07) is 21.3. The number of aliphatic hydroxyl groups excluding tert-OH is 1. The molecule has 0 radical (unpaired) electrons. The number of hydrogen-bond donors (Lipinski definition) is 1. The van der Waals surface area contributed by atoms with Gasteiger partial charge in [-0.1, -0.05) is 55.5 Å². The maximum Gasteiger partial charge on any atom is 0.300 e. The van der Waals surface area contributed by atoms with E-state index in [1.807, 2.05) is 50.2 Å². The van der Waals surface area contributed by atoms with E-state index in [1.165, 1.54) is 4.90 Å². The highest BCUT2D eigenvalue weighted by molar-refractivity contribution is 6.51. The van der Waals surface area contributed by atoms with Crippen molar-refractivity contribution in [2.24, 2.45) is 0 Å². The van der Waals surface area contributed by atoms with E-state index in [1.54, 1.807) is 36.4 Å².